The molecular formula is C12H9Br2N. The summed E-state index contributed by atoms with van der Waals surface area (Å²) in [5.74, 6) is 0. The van der Waals surface area contributed by atoms with Crippen LogP contribution in [0.15, 0.2) is 51.4 Å². The second-order valence-electron chi connectivity index (χ2n) is 3.22. The molecule has 3 heteroatoms. The van der Waals surface area contributed by atoms with Crippen molar-refractivity contribution >= 4 is 37.5 Å². The maximum atomic E-state index is 5.75. The average molecular weight is 327 g/mol. The van der Waals surface area contributed by atoms with E-state index in [2.05, 4.69) is 37.9 Å². The molecule has 0 bridgehead atoms. The Hall–Kier alpha value is -0.800. The minimum atomic E-state index is 0.755. The van der Waals surface area contributed by atoms with Gasteiger partial charge in [-0.1, -0.05) is 40.2 Å². The first-order chi connectivity index (χ1) is 7.18. The van der Waals surface area contributed by atoms with Crippen LogP contribution in [0, 0.1) is 0 Å². The first-order valence-electron chi connectivity index (χ1n) is 4.48. The van der Waals surface area contributed by atoms with Gasteiger partial charge in [-0.25, -0.2) is 0 Å². The van der Waals surface area contributed by atoms with Crippen molar-refractivity contribution < 1.29 is 0 Å². The lowest BCUT2D eigenvalue weighted by Gasteiger charge is -2.06. The molecule has 0 fully saturated rings. The fourth-order valence-electron chi connectivity index (χ4n) is 1.39. The standard InChI is InChI=1S/C12H9Br2N/c13-10-4-2-1-3-9(10)8-5-6-12(15)11(14)7-8/h1-7H,15H2. The first kappa shape index (κ1) is 10.7. The molecule has 0 saturated heterocycles. The molecule has 15 heavy (non-hydrogen) atoms. The molecule has 0 saturated carbocycles. The Morgan fingerprint density at radius 2 is 1.60 bits per heavy atom. The molecule has 2 N–H and O–H groups in total. The van der Waals surface area contributed by atoms with Gasteiger partial charge in [0.1, 0.15) is 0 Å². The van der Waals surface area contributed by atoms with Crippen molar-refractivity contribution in [3.63, 3.8) is 0 Å². The summed E-state index contributed by atoms with van der Waals surface area (Å²) in [6.07, 6.45) is 0. The van der Waals surface area contributed by atoms with Crippen molar-refractivity contribution in [3.8, 4) is 11.1 Å². The molecular weight excluding hydrogens is 318 g/mol. The zero-order valence-corrected chi connectivity index (χ0v) is 11.0. The predicted octanol–water partition coefficient (Wildman–Crippen LogP) is 4.46. The summed E-state index contributed by atoms with van der Waals surface area (Å²) < 4.78 is 2.01. The Kier molecular flexibility index (Phi) is 3.12. The summed E-state index contributed by atoms with van der Waals surface area (Å²) in [5, 5.41) is 0. The number of nitrogen functional groups attached to an aromatic ring is 1. The lowest BCUT2D eigenvalue weighted by Crippen LogP contribution is -1.87. The van der Waals surface area contributed by atoms with Crippen LogP contribution in [0.3, 0.4) is 0 Å². The number of anilines is 1. The van der Waals surface area contributed by atoms with Crippen molar-refractivity contribution in [1.29, 1.82) is 0 Å². The zero-order chi connectivity index (χ0) is 10.8. The van der Waals surface area contributed by atoms with Crippen molar-refractivity contribution in [3.05, 3.63) is 51.4 Å². The summed E-state index contributed by atoms with van der Waals surface area (Å²) in [4.78, 5) is 0. The number of hydrogen-bond acceptors (Lipinski definition) is 1. The second kappa shape index (κ2) is 4.37. The Morgan fingerprint density at radius 1 is 0.867 bits per heavy atom. The molecule has 2 rings (SSSR count). The van der Waals surface area contributed by atoms with Crippen LogP contribution >= 0.6 is 31.9 Å². The van der Waals surface area contributed by atoms with Crippen LogP contribution in [0.5, 0.6) is 0 Å². The quantitative estimate of drug-likeness (QED) is 0.769. The fraction of sp³-hybridized carbons (Fsp3) is 0. The van der Waals surface area contributed by atoms with Crippen LogP contribution in [-0.4, -0.2) is 0 Å². The van der Waals surface area contributed by atoms with Crippen LogP contribution in [0.2, 0.25) is 0 Å². The molecule has 0 spiro atoms. The summed E-state index contributed by atoms with van der Waals surface area (Å²) in [5.41, 5.74) is 8.81. The molecule has 1 nitrogen and oxygen atoms in total. The maximum absolute atomic E-state index is 5.75. The number of halogens is 2. The molecule has 2 aromatic carbocycles. The Bertz CT molecular complexity index is 495. The summed E-state index contributed by atoms with van der Waals surface area (Å²) >= 11 is 6.96. The smallest absolute Gasteiger partial charge is 0.0458 e. The molecule has 2 aromatic rings. The van der Waals surface area contributed by atoms with Gasteiger partial charge >= 0.3 is 0 Å². The monoisotopic (exact) mass is 325 g/mol. The van der Waals surface area contributed by atoms with Gasteiger partial charge in [-0.2, -0.15) is 0 Å². The van der Waals surface area contributed by atoms with Crippen LogP contribution in [0.1, 0.15) is 0 Å². The molecule has 0 aliphatic carbocycles. The third kappa shape index (κ3) is 2.24. The van der Waals surface area contributed by atoms with E-state index in [0.29, 0.717) is 0 Å². The SMILES string of the molecule is Nc1ccc(-c2ccccc2Br)cc1Br. The van der Waals surface area contributed by atoms with Crippen LogP contribution in [-0.2, 0) is 0 Å². The van der Waals surface area contributed by atoms with Crippen molar-refractivity contribution in [1.82, 2.24) is 0 Å². The lowest BCUT2D eigenvalue weighted by molar-refractivity contribution is 1.56. The van der Waals surface area contributed by atoms with Gasteiger partial charge in [-0.3, -0.25) is 0 Å². The molecule has 76 valence electrons. The van der Waals surface area contributed by atoms with E-state index in [-0.39, 0.29) is 0 Å². The molecule has 0 heterocycles. The molecule has 0 aliphatic heterocycles. The molecule has 0 aromatic heterocycles. The summed E-state index contributed by atoms with van der Waals surface area (Å²) in [6, 6.07) is 14.1. The van der Waals surface area contributed by atoms with Crippen molar-refractivity contribution in [2.45, 2.75) is 0 Å². The third-order valence-corrected chi connectivity index (χ3v) is 3.56. The van der Waals surface area contributed by atoms with E-state index in [0.717, 1.165) is 20.2 Å². The minimum absolute atomic E-state index is 0.755. The van der Waals surface area contributed by atoms with Gasteiger partial charge in [0.2, 0.25) is 0 Å². The number of hydrogen-bond donors (Lipinski definition) is 1. The number of benzene rings is 2. The van der Waals surface area contributed by atoms with E-state index < -0.39 is 0 Å². The normalized spacial score (nSPS) is 10.3. The van der Waals surface area contributed by atoms with Gasteiger partial charge in [-0.15, -0.1) is 0 Å². The van der Waals surface area contributed by atoms with E-state index in [4.69, 9.17) is 5.73 Å². The predicted molar refractivity (Wildman–Crippen MR) is 71.7 cm³/mol. The number of nitrogens with two attached hydrogens (primary N) is 1. The number of rotatable bonds is 1. The first-order valence-corrected chi connectivity index (χ1v) is 6.07. The third-order valence-electron chi connectivity index (χ3n) is 2.19. The average Bonchev–Trinajstić information content (AvgIpc) is 2.23. The second-order valence-corrected chi connectivity index (χ2v) is 4.92. The summed E-state index contributed by atoms with van der Waals surface area (Å²) in [7, 11) is 0. The van der Waals surface area contributed by atoms with Crippen LogP contribution in [0.25, 0.3) is 11.1 Å². The van der Waals surface area contributed by atoms with Gasteiger partial charge in [0.25, 0.3) is 0 Å². The molecule has 0 aliphatic rings. The van der Waals surface area contributed by atoms with Gasteiger partial charge in [0.15, 0.2) is 0 Å². The highest BCUT2D eigenvalue weighted by Crippen LogP contribution is 2.31. The van der Waals surface area contributed by atoms with E-state index in [9.17, 15) is 0 Å². The Morgan fingerprint density at radius 3 is 2.27 bits per heavy atom. The van der Waals surface area contributed by atoms with Crippen molar-refractivity contribution in [2.24, 2.45) is 0 Å². The van der Waals surface area contributed by atoms with E-state index in [1.54, 1.807) is 0 Å². The van der Waals surface area contributed by atoms with Gasteiger partial charge < -0.3 is 5.73 Å². The molecule has 0 atom stereocenters. The largest absolute Gasteiger partial charge is 0.398 e. The Balaban J connectivity index is 2.55. The van der Waals surface area contributed by atoms with Crippen LogP contribution < -0.4 is 5.73 Å². The highest BCUT2D eigenvalue weighted by atomic mass is 79.9. The topological polar surface area (TPSA) is 26.0 Å². The Labute approximate surface area is 106 Å². The lowest BCUT2D eigenvalue weighted by atomic mass is 10.1. The highest BCUT2D eigenvalue weighted by Gasteiger charge is 2.03. The van der Waals surface area contributed by atoms with E-state index in [1.165, 1.54) is 5.56 Å². The molecule has 0 radical (unpaired) electrons. The van der Waals surface area contributed by atoms with Crippen molar-refractivity contribution in [2.75, 3.05) is 5.73 Å². The minimum Gasteiger partial charge on any atom is -0.398 e. The van der Waals surface area contributed by atoms with Gasteiger partial charge in [0.05, 0.1) is 0 Å². The molecule has 0 amide bonds. The fourth-order valence-corrected chi connectivity index (χ4v) is 2.28. The van der Waals surface area contributed by atoms with Crippen LogP contribution in [0.4, 0.5) is 5.69 Å². The van der Waals surface area contributed by atoms with E-state index in [1.807, 2.05) is 36.4 Å². The zero-order valence-electron chi connectivity index (χ0n) is 7.87. The highest BCUT2D eigenvalue weighted by molar-refractivity contribution is 9.11. The van der Waals surface area contributed by atoms with Gasteiger partial charge in [0, 0.05) is 14.6 Å². The molecule has 0 unspecified atom stereocenters. The van der Waals surface area contributed by atoms with Gasteiger partial charge in [-0.05, 0) is 45.3 Å². The van der Waals surface area contributed by atoms with E-state index >= 15 is 0 Å². The maximum Gasteiger partial charge on any atom is 0.0458 e. The summed E-state index contributed by atoms with van der Waals surface area (Å²) in [6.45, 7) is 0.